The molecule has 1 atom stereocenters. The number of alkyl halides is 3. The minimum absolute atomic E-state index is 0.0470. The molecule has 100 valence electrons. The van der Waals surface area contributed by atoms with Gasteiger partial charge in [-0.1, -0.05) is 6.07 Å². The molecule has 1 rings (SSSR count). The zero-order chi connectivity index (χ0) is 13.9. The quantitative estimate of drug-likeness (QED) is 0.848. The van der Waals surface area contributed by atoms with Crippen LogP contribution in [0, 0.1) is 6.92 Å². The van der Waals surface area contributed by atoms with E-state index in [4.69, 9.17) is 9.84 Å². The van der Waals surface area contributed by atoms with E-state index >= 15 is 0 Å². The van der Waals surface area contributed by atoms with Gasteiger partial charge in [-0.2, -0.15) is 13.2 Å². The number of rotatable bonds is 4. The molecule has 1 N–H and O–H groups in total. The van der Waals surface area contributed by atoms with Crippen molar-refractivity contribution in [2.75, 3.05) is 6.61 Å². The van der Waals surface area contributed by atoms with Crippen molar-refractivity contribution in [2.24, 2.45) is 0 Å². The first kappa shape index (κ1) is 14.5. The lowest BCUT2D eigenvalue weighted by atomic mass is 10.1. The summed E-state index contributed by atoms with van der Waals surface area (Å²) in [6, 6.07) is 4.59. The Morgan fingerprint density at radius 2 is 2.06 bits per heavy atom. The highest BCUT2D eigenvalue weighted by molar-refractivity contribution is 5.96. The highest BCUT2D eigenvalue weighted by Gasteiger charge is 2.38. The van der Waals surface area contributed by atoms with Crippen LogP contribution in [0.4, 0.5) is 13.2 Å². The number of Topliss-reactive ketones (excluding diaryl/α,β-unsaturated/α-hetero) is 1. The van der Waals surface area contributed by atoms with E-state index in [9.17, 15) is 18.0 Å². The number of carbonyl (C=O) groups is 1. The normalized spacial score (nSPS) is 13.2. The number of benzene rings is 1. The van der Waals surface area contributed by atoms with E-state index in [0.29, 0.717) is 0 Å². The van der Waals surface area contributed by atoms with E-state index in [1.165, 1.54) is 19.1 Å². The van der Waals surface area contributed by atoms with Gasteiger partial charge in [-0.05, 0) is 31.5 Å². The summed E-state index contributed by atoms with van der Waals surface area (Å²) in [6.07, 6.45) is -7.31. The van der Waals surface area contributed by atoms with Gasteiger partial charge < -0.3 is 9.84 Å². The van der Waals surface area contributed by atoms with Gasteiger partial charge in [0.15, 0.2) is 11.9 Å². The molecule has 1 unspecified atom stereocenters. The van der Waals surface area contributed by atoms with Crippen LogP contribution < -0.4 is 4.74 Å². The van der Waals surface area contributed by atoms with Crippen LogP contribution in [0.15, 0.2) is 18.2 Å². The third-order valence-electron chi connectivity index (χ3n) is 2.29. The third kappa shape index (κ3) is 3.73. The lowest BCUT2D eigenvalue weighted by Crippen LogP contribution is -2.34. The lowest BCUT2D eigenvalue weighted by molar-refractivity contribution is -0.210. The summed E-state index contributed by atoms with van der Waals surface area (Å²) in [7, 11) is 0. The van der Waals surface area contributed by atoms with Crippen LogP contribution >= 0.6 is 0 Å². The van der Waals surface area contributed by atoms with Crippen molar-refractivity contribution in [3.63, 3.8) is 0 Å². The van der Waals surface area contributed by atoms with Crippen LogP contribution in [-0.4, -0.2) is 29.8 Å². The molecule has 3 nitrogen and oxygen atoms in total. The van der Waals surface area contributed by atoms with Gasteiger partial charge in [-0.3, -0.25) is 4.79 Å². The molecule has 0 aliphatic rings. The van der Waals surface area contributed by atoms with Crippen molar-refractivity contribution in [3.8, 4) is 5.75 Å². The van der Waals surface area contributed by atoms with Crippen LogP contribution in [0.5, 0.6) is 5.75 Å². The van der Waals surface area contributed by atoms with Gasteiger partial charge in [0.1, 0.15) is 12.4 Å². The largest absolute Gasteiger partial charge is 0.490 e. The van der Waals surface area contributed by atoms with Crippen LogP contribution in [0.1, 0.15) is 22.8 Å². The maximum absolute atomic E-state index is 12.1. The molecule has 0 heterocycles. The summed E-state index contributed by atoms with van der Waals surface area (Å²) in [5.41, 5.74) is 0.937. The number of hydrogen-bond donors (Lipinski definition) is 1. The fourth-order valence-electron chi connectivity index (χ4n) is 1.30. The Labute approximate surface area is 102 Å². The number of ether oxygens (including phenoxy) is 1. The Hall–Kier alpha value is -1.56. The fourth-order valence-corrected chi connectivity index (χ4v) is 1.30. The first-order chi connectivity index (χ1) is 8.21. The average Bonchev–Trinajstić information content (AvgIpc) is 2.24. The summed E-state index contributed by atoms with van der Waals surface area (Å²) >= 11 is 0. The van der Waals surface area contributed by atoms with Crippen LogP contribution in [0.3, 0.4) is 0 Å². The van der Waals surface area contributed by atoms with Crippen molar-refractivity contribution in [3.05, 3.63) is 29.3 Å². The molecule has 0 saturated heterocycles. The minimum atomic E-state index is -4.74. The van der Waals surface area contributed by atoms with E-state index in [1.807, 2.05) is 0 Å². The average molecular weight is 262 g/mol. The monoisotopic (exact) mass is 262 g/mol. The fraction of sp³-hybridized carbons (Fsp3) is 0.417. The van der Waals surface area contributed by atoms with E-state index in [1.54, 1.807) is 13.0 Å². The zero-order valence-electron chi connectivity index (χ0n) is 9.91. The molecule has 6 heteroatoms. The van der Waals surface area contributed by atoms with E-state index in [2.05, 4.69) is 0 Å². The molecule has 0 bridgehead atoms. The predicted molar refractivity (Wildman–Crippen MR) is 58.7 cm³/mol. The highest BCUT2D eigenvalue weighted by atomic mass is 19.4. The van der Waals surface area contributed by atoms with Gasteiger partial charge in [0.2, 0.25) is 0 Å². The number of ketones is 1. The highest BCUT2D eigenvalue weighted by Crippen LogP contribution is 2.24. The molecular weight excluding hydrogens is 249 g/mol. The molecule has 0 spiro atoms. The Balaban J connectivity index is 2.84. The van der Waals surface area contributed by atoms with Gasteiger partial charge >= 0.3 is 6.18 Å². The molecule has 0 fully saturated rings. The number of carbonyl (C=O) groups excluding carboxylic acids is 1. The Morgan fingerprint density at radius 3 is 2.56 bits per heavy atom. The SMILES string of the molecule is CC(=O)c1ccc(C)cc1OCC(O)C(F)(F)F. The molecule has 1 aromatic carbocycles. The summed E-state index contributed by atoms with van der Waals surface area (Å²) in [5, 5.41) is 8.81. The predicted octanol–water partition coefficient (Wildman–Crippen LogP) is 2.50. The zero-order valence-corrected chi connectivity index (χ0v) is 9.91. The molecule has 18 heavy (non-hydrogen) atoms. The van der Waals surface area contributed by atoms with Gasteiger partial charge in [-0.25, -0.2) is 0 Å². The Bertz CT molecular complexity index is 441. The maximum Gasteiger partial charge on any atom is 0.417 e. The van der Waals surface area contributed by atoms with Crippen molar-refractivity contribution in [1.29, 1.82) is 0 Å². The molecule has 0 amide bonds. The topological polar surface area (TPSA) is 46.5 Å². The number of aliphatic hydroxyl groups is 1. The number of halogens is 3. The first-order valence-electron chi connectivity index (χ1n) is 5.21. The van der Waals surface area contributed by atoms with Crippen molar-refractivity contribution < 1.29 is 27.8 Å². The Morgan fingerprint density at radius 1 is 1.44 bits per heavy atom. The standard InChI is InChI=1S/C12H13F3O3/c1-7-3-4-9(8(2)16)10(5-7)18-6-11(17)12(13,14)15/h3-5,11,17H,6H2,1-2H3. The second-order valence-electron chi connectivity index (χ2n) is 3.92. The van der Waals surface area contributed by atoms with Gasteiger partial charge in [0.25, 0.3) is 0 Å². The summed E-state index contributed by atoms with van der Waals surface area (Å²) in [5.74, 6) is -0.266. The number of hydrogen-bond acceptors (Lipinski definition) is 3. The summed E-state index contributed by atoms with van der Waals surface area (Å²) < 4.78 is 41.2. The van der Waals surface area contributed by atoms with Crippen molar-refractivity contribution in [1.82, 2.24) is 0 Å². The molecular formula is C12H13F3O3. The number of aryl methyl sites for hydroxylation is 1. The van der Waals surface area contributed by atoms with Gasteiger partial charge in [-0.15, -0.1) is 0 Å². The second kappa shape index (κ2) is 5.39. The lowest BCUT2D eigenvalue weighted by Gasteiger charge is -2.16. The van der Waals surface area contributed by atoms with E-state index in [-0.39, 0.29) is 17.1 Å². The summed E-state index contributed by atoms with van der Waals surface area (Å²) in [4.78, 5) is 11.3. The van der Waals surface area contributed by atoms with Crippen LogP contribution in [0.2, 0.25) is 0 Å². The minimum Gasteiger partial charge on any atom is -0.490 e. The third-order valence-corrected chi connectivity index (χ3v) is 2.29. The van der Waals surface area contributed by atoms with E-state index < -0.39 is 18.9 Å². The van der Waals surface area contributed by atoms with Gasteiger partial charge in [0, 0.05) is 0 Å². The molecule has 1 aromatic rings. The number of aliphatic hydroxyl groups excluding tert-OH is 1. The molecule has 0 aliphatic heterocycles. The summed E-state index contributed by atoms with van der Waals surface area (Å²) in [6.45, 7) is 2.07. The van der Waals surface area contributed by atoms with E-state index in [0.717, 1.165) is 5.56 Å². The molecule has 0 aromatic heterocycles. The van der Waals surface area contributed by atoms with Crippen LogP contribution in [-0.2, 0) is 0 Å². The van der Waals surface area contributed by atoms with Crippen LogP contribution in [0.25, 0.3) is 0 Å². The Kier molecular flexibility index (Phi) is 4.34. The van der Waals surface area contributed by atoms with Crippen molar-refractivity contribution >= 4 is 5.78 Å². The first-order valence-corrected chi connectivity index (χ1v) is 5.21. The maximum atomic E-state index is 12.1. The smallest absolute Gasteiger partial charge is 0.417 e. The van der Waals surface area contributed by atoms with Crippen molar-refractivity contribution in [2.45, 2.75) is 26.1 Å². The second-order valence-corrected chi connectivity index (χ2v) is 3.92. The molecule has 0 radical (unpaired) electrons. The molecule has 0 saturated carbocycles. The van der Waals surface area contributed by atoms with Gasteiger partial charge in [0.05, 0.1) is 5.56 Å². The molecule has 0 aliphatic carbocycles.